The third kappa shape index (κ3) is 3.58. The maximum atomic E-state index is 12.4. The number of ether oxygens (including phenoxy) is 1. The van der Waals surface area contributed by atoms with E-state index in [1.54, 1.807) is 11.3 Å². The van der Waals surface area contributed by atoms with E-state index in [9.17, 15) is 4.79 Å². The minimum absolute atomic E-state index is 0.0658. The van der Waals surface area contributed by atoms with Crippen molar-refractivity contribution in [2.45, 2.75) is 19.3 Å². The van der Waals surface area contributed by atoms with Crippen LogP contribution in [0.15, 0.2) is 15.9 Å². The topological polar surface area (TPSA) is 64.4 Å². The SMILES string of the molecule is NC(=S)C1(C(=O)NCCc2ccc(Br)s2)CCOCC1. The molecule has 7 heteroatoms. The van der Waals surface area contributed by atoms with Crippen LogP contribution >= 0.6 is 39.5 Å². The van der Waals surface area contributed by atoms with Gasteiger partial charge in [0.25, 0.3) is 0 Å². The molecule has 1 aliphatic heterocycles. The fraction of sp³-hybridized carbons (Fsp3) is 0.538. The van der Waals surface area contributed by atoms with Crippen molar-refractivity contribution >= 4 is 50.4 Å². The molecule has 1 aromatic rings. The smallest absolute Gasteiger partial charge is 0.233 e. The normalized spacial score (nSPS) is 17.6. The zero-order valence-corrected chi connectivity index (χ0v) is 14.2. The Morgan fingerprint density at radius 2 is 2.20 bits per heavy atom. The van der Waals surface area contributed by atoms with E-state index in [0.29, 0.717) is 32.6 Å². The van der Waals surface area contributed by atoms with E-state index in [1.807, 2.05) is 6.07 Å². The molecule has 3 N–H and O–H groups in total. The van der Waals surface area contributed by atoms with Gasteiger partial charge in [-0.2, -0.15) is 0 Å². The predicted octanol–water partition coefficient (Wildman–Crippen LogP) is 2.25. The average Bonchev–Trinajstić information content (AvgIpc) is 2.85. The lowest BCUT2D eigenvalue weighted by molar-refractivity contribution is -0.131. The van der Waals surface area contributed by atoms with E-state index < -0.39 is 5.41 Å². The van der Waals surface area contributed by atoms with E-state index in [2.05, 4.69) is 27.3 Å². The maximum Gasteiger partial charge on any atom is 0.233 e. The zero-order valence-electron chi connectivity index (χ0n) is 11.0. The molecule has 1 aliphatic rings. The van der Waals surface area contributed by atoms with Crippen molar-refractivity contribution in [3.05, 3.63) is 20.8 Å². The Labute approximate surface area is 136 Å². The molecule has 0 aliphatic carbocycles. The molecule has 0 radical (unpaired) electrons. The molecule has 0 spiro atoms. The number of halogens is 1. The molecule has 0 bridgehead atoms. The first-order valence-electron chi connectivity index (χ1n) is 6.45. The fourth-order valence-electron chi connectivity index (χ4n) is 2.26. The Balaban J connectivity index is 1.90. The summed E-state index contributed by atoms with van der Waals surface area (Å²) in [6.45, 7) is 1.66. The lowest BCUT2D eigenvalue weighted by atomic mass is 9.79. The molecule has 1 amide bonds. The molecule has 4 nitrogen and oxygen atoms in total. The van der Waals surface area contributed by atoms with Crippen LogP contribution in [0.1, 0.15) is 17.7 Å². The monoisotopic (exact) mass is 376 g/mol. The highest BCUT2D eigenvalue weighted by Crippen LogP contribution is 2.31. The minimum Gasteiger partial charge on any atom is -0.392 e. The number of amides is 1. The Bertz CT molecular complexity index is 498. The quantitative estimate of drug-likeness (QED) is 0.773. The van der Waals surface area contributed by atoms with Crippen molar-refractivity contribution in [2.75, 3.05) is 19.8 Å². The van der Waals surface area contributed by atoms with Gasteiger partial charge in [0.2, 0.25) is 5.91 Å². The van der Waals surface area contributed by atoms with Gasteiger partial charge in [-0.25, -0.2) is 0 Å². The number of hydrogen-bond donors (Lipinski definition) is 2. The number of carbonyl (C=O) groups excluding carboxylic acids is 1. The maximum absolute atomic E-state index is 12.4. The van der Waals surface area contributed by atoms with Crippen molar-refractivity contribution in [1.82, 2.24) is 5.32 Å². The molecule has 0 aromatic carbocycles. The molecule has 2 rings (SSSR count). The molecule has 1 fully saturated rings. The second kappa shape index (κ2) is 6.98. The number of nitrogens with one attached hydrogen (secondary N) is 1. The zero-order chi connectivity index (χ0) is 14.6. The van der Waals surface area contributed by atoms with Crippen LogP contribution in [0.25, 0.3) is 0 Å². The first-order valence-corrected chi connectivity index (χ1v) is 8.46. The summed E-state index contributed by atoms with van der Waals surface area (Å²) in [6.07, 6.45) is 1.95. The number of carbonyl (C=O) groups is 1. The summed E-state index contributed by atoms with van der Waals surface area (Å²) < 4.78 is 6.40. The molecule has 0 atom stereocenters. The number of nitrogens with two attached hydrogens (primary N) is 1. The molecule has 0 unspecified atom stereocenters. The molecule has 110 valence electrons. The summed E-state index contributed by atoms with van der Waals surface area (Å²) in [7, 11) is 0. The Morgan fingerprint density at radius 3 is 2.75 bits per heavy atom. The number of hydrogen-bond acceptors (Lipinski definition) is 4. The first kappa shape index (κ1) is 15.9. The highest BCUT2D eigenvalue weighted by Gasteiger charge is 2.42. The summed E-state index contributed by atoms with van der Waals surface area (Å²) >= 11 is 10.2. The standard InChI is InChI=1S/C13H17BrN2O2S2/c14-10-2-1-9(20-10)3-6-16-12(17)13(11(15)19)4-7-18-8-5-13/h1-2H,3-8H2,(H2,15,19)(H,16,17). The van der Waals surface area contributed by atoms with Crippen molar-refractivity contribution in [3.8, 4) is 0 Å². The molecular formula is C13H17BrN2O2S2. The van der Waals surface area contributed by atoms with Crippen molar-refractivity contribution in [3.63, 3.8) is 0 Å². The largest absolute Gasteiger partial charge is 0.392 e. The van der Waals surface area contributed by atoms with Gasteiger partial charge in [-0.05, 0) is 47.3 Å². The molecule has 0 saturated carbocycles. The van der Waals surface area contributed by atoms with Crippen LogP contribution in [0, 0.1) is 5.41 Å². The van der Waals surface area contributed by atoms with Crippen LogP contribution in [0.5, 0.6) is 0 Å². The summed E-state index contributed by atoms with van der Waals surface area (Å²) in [5.41, 5.74) is 5.07. The van der Waals surface area contributed by atoms with Gasteiger partial charge in [0, 0.05) is 24.6 Å². The predicted molar refractivity (Wildman–Crippen MR) is 88.0 cm³/mol. The summed E-state index contributed by atoms with van der Waals surface area (Å²) in [5.74, 6) is -0.0658. The van der Waals surface area contributed by atoms with Gasteiger partial charge in [0.15, 0.2) is 0 Å². The highest BCUT2D eigenvalue weighted by molar-refractivity contribution is 9.11. The third-order valence-electron chi connectivity index (χ3n) is 3.54. The van der Waals surface area contributed by atoms with E-state index in [0.717, 1.165) is 10.2 Å². The van der Waals surface area contributed by atoms with E-state index in [4.69, 9.17) is 22.7 Å². The Morgan fingerprint density at radius 1 is 1.50 bits per heavy atom. The molecular weight excluding hydrogens is 360 g/mol. The van der Waals surface area contributed by atoms with E-state index in [-0.39, 0.29) is 10.9 Å². The molecule has 1 aromatic heterocycles. The summed E-state index contributed by atoms with van der Waals surface area (Å²) in [5, 5.41) is 2.96. The second-order valence-corrected chi connectivity index (χ2v) is 7.76. The van der Waals surface area contributed by atoms with Crippen LogP contribution in [0.2, 0.25) is 0 Å². The highest BCUT2D eigenvalue weighted by atomic mass is 79.9. The van der Waals surface area contributed by atoms with Gasteiger partial charge in [0.05, 0.1) is 8.77 Å². The first-order chi connectivity index (χ1) is 9.54. The third-order valence-corrected chi connectivity index (χ3v) is 5.61. The molecule has 2 heterocycles. The van der Waals surface area contributed by atoms with Gasteiger partial charge in [-0.3, -0.25) is 4.79 Å². The lowest BCUT2D eigenvalue weighted by Crippen LogP contribution is -2.52. The second-order valence-electron chi connectivity index (χ2n) is 4.77. The van der Waals surface area contributed by atoms with Crippen molar-refractivity contribution in [1.29, 1.82) is 0 Å². The van der Waals surface area contributed by atoms with Crippen LogP contribution < -0.4 is 11.1 Å². The Kier molecular flexibility index (Phi) is 5.54. The van der Waals surface area contributed by atoms with Gasteiger partial charge < -0.3 is 15.8 Å². The molecule has 1 saturated heterocycles. The Hall–Kier alpha value is -0.500. The van der Waals surface area contributed by atoms with Crippen molar-refractivity contribution < 1.29 is 9.53 Å². The van der Waals surface area contributed by atoms with Crippen LogP contribution in [0.4, 0.5) is 0 Å². The number of thiocarbonyl (C=S) groups is 1. The van der Waals surface area contributed by atoms with Gasteiger partial charge in [-0.1, -0.05) is 12.2 Å². The van der Waals surface area contributed by atoms with E-state index in [1.165, 1.54) is 4.88 Å². The fourth-order valence-corrected chi connectivity index (χ4v) is 4.04. The van der Waals surface area contributed by atoms with Gasteiger partial charge >= 0.3 is 0 Å². The van der Waals surface area contributed by atoms with Gasteiger partial charge in [0.1, 0.15) is 5.41 Å². The summed E-state index contributed by atoms with van der Waals surface area (Å²) in [6, 6.07) is 4.06. The van der Waals surface area contributed by atoms with Crippen LogP contribution in [-0.2, 0) is 16.0 Å². The van der Waals surface area contributed by atoms with E-state index >= 15 is 0 Å². The van der Waals surface area contributed by atoms with Crippen LogP contribution in [-0.4, -0.2) is 30.7 Å². The minimum atomic E-state index is -0.733. The number of rotatable bonds is 5. The summed E-state index contributed by atoms with van der Waals surface area (Å²) in [4.78, 5) is 13.9. The lowest BCUT2D eigenvalue weighted by Gasteiger charge is -2.34. The van der Waals surface area contributed by atoms with Crippen molar-refractivity contribution in [2.24, 2.45) is 11.1 Å². The van der Waals surface area contributed by atoms with Crippen LogP contribution in [0.3, 0.4) is 0 Å². The average molecular weight is 377 g/mol. The number of thiophene rings is 1. The molecule has 20 heavy (non-hydrogen) atoms. The van der Waals surface area contributed by atoms with Gasteiger partial charge in [-0.15, -0.1) is 11.3 Å².